The van der Waals surface area contributed by atoms with Crippen molar-refractivity contribution in [1.82, 2.24) is 20.0 Å². The van der Waals surface area contributed by atoms with Gasteiger partial charge < -0.3 is 10.2 Å². The molecule has 1 N–H and O–H groups in total. The van der Waals surface area contributed by atoms with Crippen LogP contribution in [0, 0.1) is 0 Å². The van der Waals surface area contributed by atoms with Crippen LogP contribution in [0.2, 0.25) is 5.02 Å². The highest BCUT2D eigenvalue weighted by molar-refractivity contribution is 6.30. The lowest BCUT2D eigenvalue weighted by atomic mass is 10.1. The highest BCUT2D eigenvalue weighted by atomic mass is 35.5. The minimum atomic E-state index is 0.00201. The molecule has 0 spiro atoms. The topological polar surface area (TPSA) is 55.9 Å². The number of carbonyl (C=O) groups is 2. The van der Waals surface area contributed by atoms with E-state index in [0.717, 1.165) is 44.6 Å². The predicted molar refractivity (Wildman–Crippen MR) is 107 cm³/mol. The van der Waals surface area contributed by atoms with Gasteiger partial charge in [-0.25, -0.2) is 0 Å². The van der Waals surface area contributed by atoms with Crippen molar-refractivity contribution in [2.45, 2.75) is 31.8 Å². The van der Waals surface area contributed by atoms with Crippen molar-refractivity contribution in [3.63, 3.8) is 0 Å². The largest absolute Gasteiger partial charge is 0.352 e. The summed E-state index contributed by atoms with van der Waals surface area (Å²) < 4.78 is 0. The molecule has 2 fully saturated rings. The second-order valence-corrected chi connectivity index (χ2v) is 8.06. The summed E-state index contributed by atoms with van der Waals surface area (Å²) in [5, 5.41) is 3.73. The van der Waals surface area contributed by atoms with Crippen LogP contribution in [0.1, 0.15) is 31.4 Å². The molecule has 1 saturated carbocycles. The first-order valence-electron chi connectivity index (χ1n) is 9.67. The second kappa shape index (κ2) is 9.04. The van der Waals surface area contributed by atoms with E-state index in [9.17, 15) is 9.59 Å². The van der Waals surface area contributed by atoms with E-state index in [1.807, 2.05) is 38.2 Å². The highest BCUT2D eigenvalue weighted by Gasteiger charge is 2.26. The quantitative estimate of drug-likeness (QED) is 0.768. The number of rotatable bonds is 7. The van der Waals surface area contributed by atoms with Crippen LogP contribution in [0.3, 0.4) is 0 Å². The summed E-state index contributed by atoms with van der Waals surface area (Å²) in [5.74, 6) is 0.232. The molecule has 2 aliphatic rings. The minimum absolute atomic E-state index is 0.00201. The molecule has 1 aliphatic carbocycles. The van der Waals surface area contributed by atoms with Crippen molar-refractivity contribution in [2.24, 2.45) is 0 Å². The first-order chi connectivity index (χ1) is 12.9. The Kier molecular flexibility index (Phi) is 6.73. The van der Waals surface area contributed by atoms with Crippen LogP contribution in [0.4, 0.5) is 0 Å². The Hall–Kier alpha value is -1.63. The molecule has 0 radical (unpaired) electrons. The van der Waals surface area contributed by atoms with Gasteiger partial charge in [0.2, 0.25) is 11.8 Å². The Balaban J connectivity index is 1.41. The van der Waals surface area contributed by atoms with E-state index in [4.69, 9.17) is 11.6 Å². The van der Waals surface area contributed by atoms with Crippen LogP contribution in [0.5, 0.6) is 0 Å². The molecule has 1 aromatic rings. The molecule has 1 atom stereocenters. The molecule has 0 bridgehead atoms. The lowest BCUT2D eigenvalue weighted by Gasteiger charge is -2.35. The van der Waals surface area contributed by atoms with Crippen LogP contribution >= 0.6 is 11.6 Å². The summed E-state index contributed by atoms with van der Waals surface area (Å²) >= 11 is 5.94. The summed E-state index contributed by atoms with van der Waals surface area (Å²) in [6.45, 7) is 6.17. The standard InChI is InChI=1S/C20H29ClN4O2/c1-15(16-3-5-17(21)6-4-16)23(2)20(27)14-25-11-9-24(10-12-25)13-19(26)22-18-7-8-18/h3-6,15,18H,7-14H2,1-2H3,(H,22,26). The van der Waals surface area contributed by atoms with Crippen molar-refractivity contribution in [1.29, 1.82) is 0 Å². The average Bonchev–Trinajstić information content (AvgIpc) is 3.46. The first kappa shape index (κ1) is 20.1. The average molecular weight is 393 g/mol. The Bertz CT molecular complexity index is 654. The number of likely N-dealkylation sites (N-methyl/N-ethyl adjacent to an activating group) is 1. The van der Waals surface area contributed by atoms with Gasteiger partial charge in [0, 0.05) is 44.3 Å². The van der Waals surface area contributed by atoms with E-state index in [1.165, 1.54) is 0 Å². The molecule has 3 rings (SSSR count). The van der Waals surface area contributed by atoms with E-state index >= 15 is 0 Å². The van der Waals surface area contributed by atoms with Crippen molar-refractivity contribution in [3.8, 4) is 0 Å². The molecular weight excluding hydrogens is 364 g/mol. The maximum absolute atomic E-state index is 12.7. The molecule has 148 valence electrons. The Morgan fingerprint density at radius 2 is 1.67 bits per heavy atom. The monoisotopic (exact) mass is 392 g/mol. The SMILES string of the molecule is CC(c1ccc(Cl)cc1)N(C)C(=O)CN1CCN(CC(=O)NC2CC2)CC1. The van der Waals surface area contributed by atoms with E-state index in [-0.39, 0.29) is 17.9 Å². The van der Waals surface area contributed by atoms with Gasteiger partial charge in [0.05, 0.1) is 19.1 Å². The molecule has 7 heteroatoms. The fourth-order valence-electron chi connectivity index (χ4n) is 3.29. The lowest BCUT2D eigenvalue weighted by molar-refractivity contribution is -0.134. The van der Waals surface area contributed by atoms with Crippen LogP contribution in [0.15, 0.2) is 24.3 Å². The van der Waals surface area contributed by atoms with Crippen molar-refractivity contribution in [2.75, 3.05) is 46.3 Å². The molecule has 1 saturated heterocycles. The van der Waals surface area contributed by atoms with Gasteiger partial charge in [0.25, 0.3) is 0 Å². The number of nitrogens with one attached hydrogen (secondary N) is 1. The summed E-state index contributed by atoms with van der Waals surface area (Å²) in [7, 11) is 1.85. The van der Waals surface area contributed by atoms with Crippen molar-refractivity contribution >= 4 is 23.4 Å². The molecule has 6 nitrogen and oxygen atoms in total. The zero-order valence-electron chi connectivity index (χ0n) is 16.2. The number of carbonyl (C=O) groups excluding carboxylic acids is 2. The smallest absolute Gasteiger partial charge is 0.236 e. The first-order valence-corrected chi connectivity index (χ1v) is 10.1. The third kappa shape index (κ3) is 5.92. The van der Waals surface area contributed by atoms with Gasteiger partial charge in [0.1, 0.15) is 0 Å². The third-order valence-corrected chi connectivity index (χ3v) is 5.71. The molecule has 1 aromatic carbocycles. The van der Waals surface area contributed by atoms with E-state index in [0.29, 0.717) is 24.2 Å². The number of hydrogen-bond donors (Lipinski definition) is 1. The lowest BCUT2D eigenvalue weighted by Crippen LogP contribution is -2.51. The Morgan fingerprint density at radius 1 is 1.11 bits per heavy atom. The number of halogens is 1. The van der Waals surface area contributed by atoms with Gasteiger partial charge >= 0.3 is 0 Å². The fourth-order valence-corrected chi connectivity index (χ4v) is 3.42. The van der Waals surface area contributed by atoms with Crippen LogP contribution in [0.25, 0.3) is 0 Å². The molecule has 1 aliphatic heterocycles. The maximum Gasteiger partial charge on any atom is 0.236 e. The minimum Gasteiger partial charge on any atom is -0.352 e. The second-order valence-electron chi connectivity index (χ2n) is 7.63. The summed E-state index contributed by atoms with van der Waals surface area (Å²) in [6.07, 6.45) is 2.23. The van der Waals surface area contributed by atoms with Gasteiger partial charge in [-0.3, -0.25) is 19.4 Å². The number of hydrogen-bond acceptors (Lipinski definition) is 4. The summed E-state index contributed by atoms with van der Waals surface area (Å²) in [6, 6.07) is 8.04. The predicted octanol–water partition coefficient (Wildman–Crippen LogP) is 1.76. The van der Waals surface area contributed by atoms with E-state index in [1.54, 1.807) is 4.90 Å². The van der Waals surface area contributed by atoms with Crippen molar-refractivity contribution < 1.29 is 9.59 Å². The van der Waals surface area contributed by atoms with Crippen LogP contribution in [-0.4, -0.2) is 78.9 Å². The molecule has 2 amide bonds. The van der Waals surface area contributed by atoms with E-state index < -0.39 is 0 Å². The molecular formula is C20H29ClN4O2. The van der Waals surface area contributed by atoms with Gasteiger partial charge in [-0.15, -0.1) is 0 Å². The number of piperazine rings is 1. The zero-order chi connectivity index (χ0) is 19.4. The number of amides is 2. The summed E-state index contributed by atoms with van der Waals surface area (Å²) in [5.41, 5.74) is 1.07. The maximum atomic E-state index is 12.7. The van der Waals surface area contributed by atoms with Crippen LogP contribution in [-0.2, 0) is 9.59 Å². The van der Waals surface area contributed by atoms with E-state index in [2.05, 4.69) is 15.1 Å². The normalized spacial score (nSPS) is 19.5. The van der Waals surface area contributed by atoms with Crippen molar-refractivity contribution in [3.05, 3.63) is 34.9 Å². The third-order valence-electron chi connectivity index (χ3n) is 5.46. The van der Waals surface area contributed by atoms with Gasteiger partial charge in [0.15, 0.2) is 0 Å². The molecule has 1 unspecified atom stereocenters. The fraction of sp³-hybridized carbons (Fsp3) is 0.600. The Morgan fingerprint density at radius 3 is 2.22 bits per heavy atom. The van der Waals surface area contributed by atoms with Gasteiger partial charge in [-0.1, -0.05) is 23.7 Å². The highest BCUT2D eigenvalue weighted by Crippen LogP contribution is 2.21. The van der Waals surface area contributed by atoms with Crippen LogP contribution < -0.4 is 5.32 Å². The zero-order valence-corrected chi connectivity index (χ0v) is 16.9. The Labute approximate surface area is 166 Å². The van der Waals surface area contributed by atoms with Gasteiger partial charge in [-0.2, -0.15) is 0 Å². The molecule has 1 heterocycles. The number of benzene rings is 1. The molecule has 0 aromatic heterocycles. The molecule has 27 heavy (non-hydrogen) atoms. The number of nitrogens with zero attached hydrogens (tertiary/aromatic N) is 3. The van der Waals surface area contributed by atoms with Gasteiger partial charge in [-0.05, 0) is 37.5 Å². The summed E-state index contributed by atoms with van der Waals surface area (Å²) in [4.78, 5) is 30.7.